The van der Waals surface area contributed by atoms with E-state index in [4.69, 9.17) is 9.97 Å². The first-order valence-corrected chi connectivity index (χ1v) is 11.5. The number of amides is 1. The Morgan fingerprint density at radius 1 is 1.15 bits per heavy atom. The van der Waals surface area contributed by atoms with Crippen LogP contribution in [0.2, 0.25) is 0 Å². The van der Waals surface area contributed by atoms with Gasteiger partial charge in [0.25, 0.3) is 5.91 Å². The molecule has 1 aliphatic rings. The Hall–Kier alpha value is -3.08. The van der Waals surface area contributed by atoms with Gasteiger partial charge in [0.15, 0.2) is 0 Å². The largest absolute Gasteiger partial charge is 0.573 e. The molecule has 0 unspecified atom stereocenters. The third-order valence-corrected chi connectivity index (χ3v) is 6.02. The minimum absolute atomic E-state index is 0.170. The number of nitrogens with zero attached hydrogens (tertiary/aromatic N) is 4. The van der Waals surface area contributed by atoms with Gasteiger partial charge in [-0.15, -0.1) is 13.2 Å². The Morgan fingerprint density at radius 2 is 1.85 bits per heavy atom. The van der Waals surface area contributed by atoms with Crippen LogP contribution in [0.15, 0.2) is 46.9 Å². The van der Waals surface area contributed by atoms with Crippen LogP contribution in [0.25, 0.3) is 10.9 Å². The summed E-state index contributed by atoms with van der Waals surface area (Å²) in [6.45, 7) is 1.20. The Labute approximate surface area is 203 Å². The first-order chi connectivity index (χ1) is 16.1. The van der Waals surface area contributed by atoms with Crippen molar-refractivity contribution in [2.45, 2.75) is 25.2 Å². The van der Waals surface area contributed by atoms with E-state index >= 15 is 0 Å². The molecular weight excluding hydrogens is 515 g/mol. The van der Waals surface area contributed by atoms with Crippen LogP contribution >= 0.6 is 15.9 Å². The minimum Gasteiger partial charge on any atom is -0.405 e. The summed E-state index contributed by atoms with van der Waals surface area (Å²) < 4.78 is 42.7. The molecule has 2 heterocycles. The number of piperidine rings is 1. The summed E-state index contributed by atoms with van der Waals surface area (Å²) in [5, 5.41) is 3.80. The van der Waals surface area contributed by atoms with E-state index in [1.165, 1.54) is 12.1 Å². The molecule has 7 nitrogen and oxygen atoms in total. The zero-order chi connectivity index (χ0) is 24.5. The van der Waals surface area contributed by atoms with Crippen molar-refractivity contribution >= 4 is 44.5 Å². The van der Waals surface area contributed by atoms with Gasteiger partial charge in [0.1, 0.15) is 11.6 Å². The number of fused-ring (bicyclic) bond motifs is 1. The van der Waals surface area contributed by atoms with Crippen LogP contribution in [0.3, 0.4) is 0 Å². The highest BCUT2D eigenvalue weighted by Crippen LogP contribution is 2.30. The van der Waals surface area contributed by atoms with Gasteiger partial charge in [0.2, 0.25) is 5.95 Å². The Morgan fingerprint density at radius 3 is 2.53 bits per heavy atom. The fourth-order valence-electron chi connectivity index (χ4n) is 3.91. The molecule has 1 amide bonds. The molecule has 0 aliphatic carbocycles. The Bertz CT molecular complexity index is 1200. The number of rotatable bonds is 5. The quantitative estimate of drug-likeness (QED) is 0.506. The monoisotopic (exact) mass is 537 g/mol. The predicted molar refractivity (Wildman–Crippen MR) is 127 cm³/mol. The first-order valence-electron chi connectivity index (χ1n) is 10.7. The number of ether oxygens (including phenoxy) is 1. The number of aromatic nitrogens is 2. The molecule has 1 saturated heterocycles. The molecule has 11 heteroatoms. The third kappa shape index (κ3) is 5.52. The van der Waals surface area contributed by atoms with Crippen LogP contribution in [0.1, 0.15) is 23.2 Å². The molecular formula is C23H23BrF3N5O2. The van der Waals surface area contributed by atoms with E-state index in [9.17, 15) is 18.0 Å². The minimum atomic E-state index is -4.90. The molecule has 1 fully saturated rings. The SMILES string of the molecule is CN(C)c1nc(N2CCC(NC(=O)c3ccc(Br)cc3OC(F)(F)F)CC2)nc2ccccc12. The molecule has 0 bridgehead atoms. The van der Waals surface area contributed by atoms with Crippen molar-refractivity contribution in [1.82, 2.24) is 15.3 Å². The highest BCUT2D eigenvalue weighted by molar-refractivity contribution is 9.10. The molecule has 3 aromatic rings. The van der Waals surface area contributed by atoms with Crippen LogP contribution in [0.5, 0.6) is 5.75 Å². The molecule has 4 rings (SSSR count). The summed E-state index contributed by atoms with van der Waals surface area (Å²) in [5.41, 5.74) is 0.676. The molecule has 34 heavy (non-hydrogen) atoms. The zero-order valence-electron chi connectivity index (χ0n) is 18.6. The van der Waals surface area contributed by atoms with Crippen molar-refractivity contribution in [3.8, 4) is 5.75 Å². The van der Waals surface area contributed by atoms with E-state index in [0.29, 0.717) is 36.4 Å². The van der Waals surface area contributed by atoms with Gasteiger partial charge in [-0.2, -0.15) is 4.98 Å². The van der Waals surface area contributed by atoms with E-state index in [1.807, 2.05) is 43.3 Å². The first kappa shape index (κ1) is 24.1. The normalized spacial score (nSPS) is 14.8. The molecule has 0 saturated carbocycles. The number of nitrogens with one attached hydrogen (secondary N) is 1. The second-order valence-corrected chi connectivity index (χ2v) is 9.10. The van der Waals surface area contributed by atoms with E-state index in [2.05, 4.69) is 30.9 Å². The zero-order valence-corrected chi connectivity index (χ0v) is 20.2. The van der Waals surface area contributed by atoms with Crippen molar-refractivity contribution in [1.29, 1.82) is 0 Å². The Kier molecular flexibility index (Phi) is 6.83. The summed E-state index contributed by atoms with van der Waals surface area (Å²) >= 11 is 3.11. The van der Waals surface area contributed by atoms with E-state index in [0.717, 1.165) is 22.8 Å². The van der Waals surface area contributed by atoms with Gasteiger partial charge >= 0.3 is 6.36 Å². The van der Waals surface area contributed by atoms with Crippen LogP contribution in [-0.2, 0) is 0 Å². The lowest BCUT2D eigenvalue weighted by Crippen LogP contribution is -2.45. The number of alkyl halides is 3. The summed E-state index contributed by atoms with van der Waals surface area (Å²) in [6, 6.07) is 11.5. The third-order valence-electron chi connectivity index (χ3n) is 5.52. The number of carbonyl (C=O) groups is 1. The van der Waals surface area contributed by atoms with Crippen molar-refractivity contribution in [3.63, 3.8) is 0 Å². The predicted octanol–water partition coefficient (Wildman–Crippen LogP) is 4.76. The van der Waals surface area contributed by atoms with Gasteiger partial charge in [-0.05, 0) is 43.2 Å². The van der Waals surface area contributed by atoms with Crippen molar-refractivity contribution < 1.29 is 22.7 Å². The van der Waals surface area contributed by atoms with Crippen molar-refractivity contribution in [3.05, 3.63) is 52.5 Å². The maximum atomic E-state index is 12.8. The summed E-state index contributed by atoms with van der Waals surface area (Å²) in [5.74, 6) is 0.282. The molecule has 0 radical (unpaired) electrons. The summed E-state index contributed by atoms with van der Waals surface area (Å²) in [7, 11) is 3.86. The van der Waals surface area contributed by atoms with Crippen LogP contribution in [0.4, 0.5) is 24.9 Å². The smallest absolute Gasteiger partial charge is 0.405 e. The molecule has 180 valence electrons. The lowest BCUT2D eigenvalue weighted by atomic mass is 10.0. The van der Waals surface area contributed by atoms with E-state index in [1.54, 1.807) is 0 Å². The standard InChI is InChI=1S/C23H23BrF3N5O2/c1-31(2)20-16-5-3-4-6-18(16)29-22(30-20)32-11-9-15(10-12-32)28-21(33)17-8-7-14(24)13-19(17)34-23(25,26)27/h3-8,13,15H,9-12H2,1-2H3,(H,28,33). The Balaban J connectivity index is 1.45. The van der Waals surface area contributed by atoms with E-state index in [-0.39, 0.29) is 11.6 Å². The highest BCUT2D eigenvalue weighted by Gasteiger charge is 2.33. The molecule has 1 aromatic heterocycles. The number of anilines is 2. The molecule has 1 N–H and O–H groups in total. The molecule has 0 spiro atoms. The average Bonchev–Trinajstić information content (AvgIpc) is 2.77. The number of hydrogen-bond donors (Lipinski definition) is 1. The van der Waals surface area contributed by atoms with Gasteiger partial charge in [-0.1, -0.05) is 28.1 Å². The fourth-order valence-corrected chi connectivity index (χ4v) is 4.25. The second-order valence-electron chi connectivity index (χ2n) is 8.18. The number of halogens is 4. The van der Waals surface area contributed by atoms with Gasteiger partial charge < -0.3 is 19.9 Å². The van der Waals surface area contributed by atoms with Gasteiger partial charge in [0.05, 0.1) is 11.1 Å². The maximum Gasteiger partial charge on any atom is 0.573 e. The average molecular weight is 538 g/mol. The topological polar surface area (TPSA) is 70.6 Å². The fraction of sp³-hybridized carbons (Fsp3) is 0.348. The molecule has 1 aliphatic heterocycles. The van der Waals surface area contributed by atoms with Crippen molar-refractivity contribution in [2.75, 3.05) is 37.0 Å². The highest BCUT2D eigenvalue weighted by atomic mass is 79.9. The lowest BCUT2D eigenvalue weighted by molar-refractivity contribution is -0.274. The molecule has 0 atom stereocenters. The number of benzene rings is 2. The summed E-state index contributed by atoms with van der Waals surface area (Å²) in [6.07, 6.45) is -3.69. The van der Waals surface area contributed by atoms with Crippen LogP contribution in [-0.4, -0.2) is 55.5 Å². The van der Waals surface area contributed by atoms with E-state index < -0.39 is 18.0 Å². The van der Waals surface area contributed by atoms with Gasteiger partial charge in [-0.3, -0.25) is 4.79 Å². The maximum absolute atomic E-state index is 12.8. The van der Waals surface area contributed by atoms with Gasteiger partial charge in [-0.25, -0.2) is 4.98 Å². The second kappa shape index (κ2) is 9.65. The number of carbonyl (C=O) groups excluding carboxylic acids is 1. The molecule has 2 aromatic carbocycles. The summed E-state index contributed by atoms with van der Waals surface area (Å²) in [4.78, 5) is 26.2. The van der Waals surface area contributed by atoms with Crippen LogP contribution in [0, 0.1) is 0 Å². The van der Waals surface area contributed by atoms with Crippen molar-refractivity contribution in [2.24, 2.45) is 0 Å². The van der Waals surface area contributed by atoms with Crippen LogP contribution < -0.4 is 19.9 Å². The van der Waals surface area contributed by atoms with Gasteiger partial charge in [0, 0.05) is 43.1 Å². The number of para-hydroxylation sites is 1. The number of hydrogen-bond acceptors (Lipinski definition) is 6. The lowest BCUT2D eigenvalue weighted by Gasteiger charge is -2.33.